The molecule has 0 bridgehead atoms. The Morgan fingerprint density at radius 3 is 2.60 bits per heavy atom. The van der Waals surface area contributed by atoms with Crippen molar-refractivity contribution in [2.45, 2.75) is 0 Å². The summed E-state index contributed by atoms with van der Waals surface area (Å²) in [5, 5.41) is 5.53. The van der Waals surface area contributed by atoms with E-state index in [2.05, 4.69) is 26.6 Å². The van der Waals surface area contributed by atoms with Crippen molar-refractivity contribution < 1.29 is 9.18 Å². The predicted molar refractivity (Wildman–Crippen MR) is 81.6 cm³/mol. The van der Waals surface area contributed by atoms with Crippen LogP contribution in [0.1, 0.15) is 10.4 Å². The Bertz CT molecular complexity index is 661. The van der Waals surface area contributed by atoms with Crippen molar-refractivity contribution in [3.05, 3.63) is 52.3 Å². The van der Waals surface area contributed by atoms with E-state index in [1.807, 2.05) is 0 Å². The zero-order valence-electron chi connectivity index (χ0n) is 10.7. The highest BCUT2D eigenvalue weighted by atomic mass is 79.9. The Morgan fingerprint density at radius 2 is 2.00 bits per heavy atom. The highest BCUT2D eigenvalue weighted by Gasteiger charge is 2.07. The fraction of sp³-hybridized carbons (Fsp3) is 0.0714. The summed E-state index contributed by atoms with van der Waals surface area (Å²) in [6, 6.07) is 9.57. The average molecular weight is 338 g/mol. The molecule has 0 saturated heterocycles. The minimum absolute atomic E-state index is 0.210. The number of nitrogens with one attached hydrogen (secondary N) is 2. The largest absolute Gasteiger partial charge is 0.397 e. The maximum atomic E-state index is 13.4. The molecule has 4 N–H and O–H groups in total. The van der Waals surface area contributed by atoms with Gasteiger partial charge in [0.2, 0.25) is 0 Å². The molecule has 0 aromatic heterocycles. The van der Waals surface area contributed by atoms with Crippen LogP contribution in [0.5, 0.6) is 0 Å². The molecule has 0 aliphatic heterocycles. The molecule has 0 atom stereocenters. The van der Waals surface area contributed by atoms with Crippen LogP contribution in [-0.4, -0.2) is 13.0 Å². The zero-order valence-corrected chi connectivity index (χ0v) is 12.3. The minimum atomic E-state index is -0.365. The van der Waals surface area contributed by atoms with Crippen molar-refractivity contribution in [3.63, 3.8) is 0 Å². The van der Waals surface area contributed by atoms with Crippen LogP contribution in [0.4, 0.5) is 21.5 Å². The number of hydrogen-bond acceptors (Lipinski definition) is 3. The lowest BCUT2D eigenvalue weighted by molar-refractivity contribution is 0.0963. The van der Waals surface area contributed by atoms with Crippen molar-refractivity contribution in [2.24, 2.45) is 0 Å². The van der Waals surface area contributed by atoms with E-state index < -0.39 is 0 Å². The second-order valence-corrected chi connectivity index (χ2v) is 4.99. The summed E-state index contributed by atoms with van der Waals surface area (Å²) in [4.78, 5) is 11.5. The number of anilines is 3. The topological polar surface area (TPSA) is 67.2 Å². The van der Waals surface area contributed by atoms with Gasteiger partial charge in [0.15, 0.2) is 0 Å². The molecule has 2 aromatic carbocycles. The van der Waals surface area contributed by atoms with Gasteiger partial charge in [0.25, 0.3) is 5.91 Å². The van der Waals surface area contributed by atoms with E-state index in [9.17, 15) is 9.18 Å². The standard InChI is InChI=1S/C14H13BrFN3O/c1-18-14(20)8-2-5-13(12(17)6-8)19-9-3-4-10(15)11(16)7-9/h2-7,19H,17H2,1H3,(H,18,20). The second kappa shape index (κ2) is 5.92. The number of rotatable bonds is 3. The van der Waals surface area contributed by atoms with Gasteiger partial charge in [0, 0.05) is 18.3 Å². The van der Waals surface area contributed by atoms with Gasteiger partial charge >= 0.3 is 0 Å². The highest BCUT2D eigenvalue weighted by Crippen LogP contribution is 2.26. The summed E-state index contributed by atoms with van der Waals surface area (Å²) in [7, 11) is 1.55. The molecule has 0 unspecified atom stereocenters. The molecule has 0 heterocycles. The highest BCUT2D eigenvalue weighted by molar-refractivity contribution is 9.10. The van der Waals surface area contributed by atoms with Crippen molar-refractivity contribution in [3.8, 4) is 0 Å². The van der Waals surface area contributed by atoms with E-state index in [0.717, 1.165) is 0 Å². The first-order valence-corrected chi connectivity index (χ1v) is 6.64. The molecule has 6 heteroatoms. The molecule has 104 valence electrons. The number of hydrogen-bond donors (Lipinski definition) is 3. The summed E-state index contributed by atoms with van der Waals surface area (Å²) in [5.74, 6) is -0.575. The van der Waals surface area contributed by atoms with Crippen molar-refractivity contribution in [2.75, 3.05) is 18.1 Å². The third kappa shape index (κ3) is 3.08. The Hall–Kier alpha value is -2.08. The number of benzene rings is 2. The molecule has 0 aliphatic rings. The molecular weight excluding hydrogens is 325 g/mol. The molecule has 4 nitrogen and oxygen atoms in total. The molecule has 1 amide bonds. The summed E-state index contributed by atoms with van der Waals surface area (Å²) in [6.45, 7) is 0. The fourth-order valence-electron chi connectivity index (χ4n) is 1.69. The summed E-state index contributed by atoms with van der Waals surface area (Å²) >= 11 is 3.09. The van der Waals surface area contributed by atoms with Gasteiger partial charge in [0.05, 0.1) is 15.8 Å². The van der Waals surface area contributed by atoms with Crippen LogP contribution in [0.25, 0.3) is 0 Å². The van der Waals surface area contributed by atoms with Crippen LogP contribution >= 0.6 is 15.9 Å². The fourth-order valence-corrected chi connectivity index (χ4v) is 1.94. The minimum Gasteiger partial charge on any atom is -0.397 e. The Kier molecular flexibility index (Phi) is 4.24. The zero-order chi connectivity index (χ0) is 14.7. The maximum absolute atomic E-state index is 13.4. The van der Waals surface area contributed by atoms with E-state index in [-0.39, 0.29) is 11.7 Å². The van der Waals surface area contributed by atoms with Crippen molar-refractivity contribution >= 4 is 38.9 Å². The van der Waals surface area contributed by atoms with E-state index in [1.165, 1.54) is 6.07 Å². The van der Waals surface area contributed by atoms with Gasteiger partial charge in [0.1, 0.15) is 5.82 Å². The molecule has 2 rings (SSSR count). The smallest absolute Gasteiger partial charge is 0.251 e. The summed E-state index contributed by atoms with van der Waals surface area (Å²) in [6.07, 6.45) is 0. The lowest BCUT2D eigenvalue weighted by Crippen LogP contribution is -2.17. The summed E-state index contributed by atoms with van der Waals surface area (Å²) in [5.41, 5.74) is 7.95. The number of nitrogens with two attached hydrogens (primary N) is 1. The third-order valence-corrected chi connectivity index (χ3v) is 3.38. The Balaban J connectivity index is 2.25. The van der Waals surface area contributed by atoms with Gasteiger partial charge in [-0.15, -0.1) is 0 Å². The summed E-state index contributed by atoms with van der Waals surface area (Å²) < 4.78 is 13.8. The van der Waals surface area contributed by atoms with Gasteiger partial charge in [-0.3, -0.25) is 4.79 Å². The maximum Gasteiger partial charge on any atom is 0.251 e. The molecule has 0 saturated carbocycles. The van der Waals surface area contributed by atoms with Gasteiger partial charge in [-0.05, 0) is 52.3 Å². The van der Waals surface area contributed by atoms with E-state index in [4.69, 9.17) is 5.73 Å². The first kappa shape index (κ1) is 14.3. The SMILES string of the molecule is CNC(=O)c1ccc(Nc2ccc(Br)c(F)c2)c(N)c1. The van der Waals surface area contributed by atoms with Crippen LogP contribution in [0, 0.1) is 5.82 Å². The lowest BCUT2D eigenvalue weighted by Gasteiger charge is -2.11. The second-order valence-electron chi connectivity index (χ2n) is 4.14. The van der Waals surface area contributed by atoms with Gasteiger partial charge in [-0.2, -0.15) is 0 Å². The van der Waals surface area contributed by atoms with E-state index in [1.54, 1.807) is 37.4 Å². The number of carbonyl (C=O) groups excluding carboxylic acids is 1. The number of amides is 1. The van der Waals surface area contributed by atoms with Gasteiger partial charge < -0.3 is 16.4 Å². The lowest BCUT2D eigenvalue weighted by atomic mass is 10.1. The van der Waals surface area contributed by atoms with Crippen LogP contribution in [0.3, 0.4) is 0 Å². The molecule has 20 heavy (non-hydrogen) atoms. The third-order valence-electron chi connectivity index (χ3n) is 2.74. The molecule has 0 fully saturated rings. The van der Waals surface area contributed by atoms with Crippen LogP contribution in [-0.2, 0) is 0 Å². The molecule has 0 spiro atoms. The van der Waals surface area contributed by atoms with Gasteiger partial charge in [-0.25, -0.2) is 4.39 Å². The van der Waals surface area contributed by atoms with Crippen LogP contribution in [0.15, 0.2) is 40.9 Å². The van der Waals surface area contributed by atoms with Crippen LogP contribution < -0.4 is 16.4 Å². The number of nitrogen functional groups attached to an aromatic ring is 1. The van der Waals surface area contributed by atoms with Crippen molar-refractivity contribution in [1.82, 2.24) is 5.32 Å². The number of halogens is 2. The monoisotopic (exact) mass is 337 g/mol. The van der Waals surface area contributed by atoms with Gasteiger partial charge in [-0.1, -0.05) is 0 Å². The molecule has 0 radical (unpaired) electrons. The van der Waals surface area contributed by atoms with E-state index >= 15 is 0 Å². The first-order chi connectivity index (χ1) is 9.51. The van der Waals surface area contributed by atoms with Crippen molar-refractivity contribution in [1.29, 1.82) is 0 Å². The Labute approximate surface area is 124 Å². The number of carbonyl (C=O) groups is 1. The normalized spacial score (nSPS) is 10.2. The molecule has 2 aromatic rings. The molecule has 0 aliphatic carbocycles. The first-order valence-electron chi connectivity index (χ1n) is 5.85. The Morgan fingerprint density at radius 1 is 1.25 bits per heavy atom. The average Bonchev–Trinajstić information content (AvgIpc) is 2.44. The quantitative estimate of drug-likeness (QED) is 0.753. The van der Waals surface area contributed by atoms with E-state index in [0.29, 0.717) is 27.1 Å². The predicted octanol–water partition coefficient (Wildman–Crippen LogP) is 3.27. The molecular formula is C14H13BrFN3O. The van der Waals surface area contributed by atoms with Crippen LogP contribution in [0.2, 0.25) is 0 Å².